The molecule has 0 saturated carbocycles. The first-order valence-electron chi connectivity index (χ1n) is 10.1. The number of aliphatic imine (C=N–C) groups is 2. The van der Waals surface area contributed by atoms with Crippen LogP contribution in [-0.2, 0) is 0 Å². The topological polar surface area (TPSA) is 50.5 Å². The van der Waals surface area contributed by atoms with Gasteiger partial charge in [-0.05, 0) is 35.4 Å². The van der Waals surface area contributed by atoms with Crippen LogP contribution < -0.4 is 0 Å². The molecule has 32 heavy (non-hydrogen) atoms. The van der Waals surface area contributed by atoms with E-state index in [0.717, 1.165) is 41.8 Å². The SMILES string of the molecule is C(=C\c1ccccc1)/C=N/c1nc2cc3sc(/N=C/C=C/c4ccccc4)nc3cc2s1. The molecular formula is C26H18N4S2. The van der Waals surface area contributed by atoms with E-state index in [4.69, 9.17) is 0 Å². The van der Waals surface area contributed by atoms with Crippen LogP contribution >= 0.6 is 22.7 Å². The van der Waals surface area contributed by atoms with Crippen LogP contribution in [0.4, 0.5) is 10.3 Å². The zero-order chi connectivity index (χ0) is 21.6. The fraction of sp³-hybridized carbons (Fsp3) is 0. The van der Waals surface area contributed by atoms with Crippen molar-refractivity contribution in [1.82, 2.24) is 9.97 Å². The number of benzene rings is 3. The van der Waals surface area contributed by atoms with Crippen molar-refractivity contribution in [1.29, 1.82) is 0 Å². The van der Waals surface area contributed by atoms with Gasteiger partial charge in [-0.15, -0.1) is 0 Å². The maximum Gasteiger partial charge on any atom is 0.210 e. The van der Waals surface area contributed by atoms with Crippen molar-refractivity contribution >= 4 is 78.0 Å². The molecule has 6 heteroatoms. The fourth-order valence-electron chi connectivity index (χ4n) is 3.09. The first-order chi connectivity index (χ1) is 15.8. The van der Waals surface area contributed by atoms with Crippen LogP contribution in [0.15, 0.2) is 94.9 Å². The molecule has 0 fully saturated rings. The Morgan fingerprint density at radius 3 is 1.47 bits per heavy atom. The zero-order valence-corrected chi connectivity index (χ0v) is 18.6. The molecule has 0 aliphatic carbocycles. The molecule has 154 valence electrons. The highest BCUT2D eigenvalue weighted by atomic mass is 32.1. The molecule has 0 bridgehead atoms. The van der Waals surface area contributed by atoms with E-state index < -0.39 is 0 Å². The lowest BCUT2D eigenvalue weighted by Crippen LogP contribution is -1.71. The van der Waals surface area contributed by atoms with E-state index in [0.29, 0.717) is 0 Å². The summed E-state index contributed by atoms with van der Waals surface area (Å²) in [7, 11) is 0. The lowest BCUT2D eigenvalue weighted by atomic mass is 10.2. The predicted octanol–water partition coefficient (Wildman–Crippen LogP) is 7.74. The van der Waals surface area contributed by atoms with Crippen molar-refractivity contribution < 1.29 is 0 Å². The molecule has 4 nitrogen and oxygen atoms in total. The van der Waals surface area contributed by atoms with Gasteiger partial charge in [-0.25, -0.2) is 20.0 Å². The summed E-state index contributed by atoms with van der Waals surface area (Å²) >= 11 is 3.12. The molecule has 0 saturated heterocycles. The Morgan fingerprint density at radius 2 is 1.03 bits per heavy atom. The van der Waals surface area contributed by atoms with Crippen molar-refractivity contribution in [3.63, 3.8) is 0 Å². The summed E-state index contributed by atoms with van der Waals surface area (Å²) in [6.07, 6.45) is 11.5. The van der Waals surface area contributed by atoms with Crippen molar-refractivity contribution in [2.75, 3.05) is 0 Å². The average molecular weight is 451 g/mol. The monoisotopic (exact) mass is 450 g/mol. The van der Waals surface area contributed by atoms with Crippen molar-refractivity contribution in [3.05, 3.63) is 96.1 Å². The Kier molecular flexibility index (Phi) is 6.05. The number of hydrogen-bond acceptors (Lipinski definition) is 6. The second-order valence-electron chi connectivity index (χ2n) is 6.88. The summed E-state index contributed by atoms with van der Waals surface area (Å²) in [6.45, 7) is 0. The van der Waals surface area contributed by atoms with Gasteiger partial charge in [0, 0.05) is 12.4 Å². The van der Waals surface area contributed by atoms with Gasteiger partial charge < -0.3 is 0 Å². The molecule has 5 rings (SSSR count). The molecule has 0 aliphatic heterocycles. The second kappa shape index (κ2) is 9.60. The minimum atomic E-state index is 0.736. The van der Waals surface area contributed by atoms with E-state index in [1.165, 1.54) is 0 Å². The third kappa shape index (κ3) is 4.94. The number of allylic oxidation sites excluding steroid dienone is 2. The van der Waals surface area contributed by atoms with E-state index in [2.05, 4.69) is 56.4 Å². The number of fused-ring (bicyclic) bond motifs is 2. The fourth-order valence-corrected chi connectivity index (χ4v) is 4.75. The standard InChI is InChI=1S/C26H18N4S2/c1-3-9-19(10-4-1)13-7-15-27-25-29-21-17-24-22(18-23(21)31-25)30-26(32-24)28-16-8-14-20-11-5-2-6-12-20/h1-18H/b13-7+,14-8+,27-15+,28-16+. The molecule has 5 aromatic rings. The van der Waals surface area contributed by atoms with Gasteiger partial charge in [0.15, 0.2) is 0 Å². The summed E-state index contributed by atoms with van der Waals surface area (Å²) < 4.78 is 2.14. The van der Waals surface area contributed by atoms with Gasteiger partial charge in [0.05, 0.1) is 20.4 Å². The van der Waals surface area contributed by atoms with Crippen LogP contribution in [0.5, 0.6) is 0 Å². The lowest BCUT2D eigenvalue weighted by Gasteiger charge is -1.88. The zero-order valence-electron chi connectivity index (χ0n) is 17.0. The van der Waals surface area contributed by atoms with Crippen LogP contribution in [0.1, 0.15) is 11.1 Å². The Hall–Kier alpha value is -3.74. The largest absolute Gasteiger partial charge is 0.228 e. The molecule has 0 radical (unpaired) electrons. The number of thiazole rings is 2. The number of rotatable bonds is 6. The highest BCUT2D eigenvalue weighted by Crippen LogP contribution is 2.35. The van der Waals surface area contributed by atoms with Crippen LogP contribution in [-0.4, -0.2) is 22.4 Å². The third-order valence-corrected chi connectivity index (χ3v) is 6.45. The first kappa shape index (κ1) is 20.2. The van der Waals surface area contributed by atoms with Crippen molar-refractivity contribution in [2.45, 2.75) is 0 Å². The molecule has 0 spiro atoms. The molecule has 0 aliphatic rings. The first-order valence-corrected chi connectivity index (χ1v) is 11.7. The van der Waals surface area contributed by atoms with Crippen molar-refractivity contribution in [3.8, 4) is 0 Å². The van der Waals surface area contributed by atoms with Crippen LogP contribution in [0.25, 0.3) is 32.6 Å². The molecule has 0 unspecified atom stereocenters. The van der Waals surface area contributed by atoms with E-state index >= 15 is 0 Å². The minimum absolute atomic E-state index is 0.736. The van der Waals surface area contributed by atoms with Crippen LogP contribution in [0, 0.1) is 0 Å². The van der Waals surface area contributed by atoms with Crippen LogP contribution in [0.3, 0.4) is 0 Å². The summed E-state index contributed by atoms with van der Waals surface area (Å²) in [4.78, 5) is 18.2. The molecule has 0 atom stereocenters. The molecule has 0 N–H and O–H groups in total. The summed E-state index contributed by atoms with van der Waals surface area (Å²) in [6, 6.07) is 24.4. The van der Waals surface area contributed by atoms with E-state index in [1.54, 1.807) is 35.1 Å². The van der Waals surface area contributed by atoms with E-state index in [-0.39, 0.29) is 0 Å². The molecule has 3 aromatic carbocycles. The van der Waals surface area contributed by atoms with E-state index in [9.17, 15) is 0 Å². The maximum absolute atomic E-state index is 4.64. The normalized spacial score (nSPS) is 12.5. The third-order valence-electron chi connectivity index (χ3n) is 4.59. The highest BCUT2D eigenvalue weighted by molar-refractivity contribution is 7.23. The van der Waals surface area contributed by atoms with Crippen LogP contribution in [0.2, 0.25) is 0 Å². The molecule has 2 heterocycles. The second-order valence-corrected chi connectivity index (χ2v) is 8.89. The predicted molar refractivity (Wildman–Crippen MR) is 140 cm³/mol. The van der Waals surface area contributed by atoms with Gasteiger partial charge >= 0.3 is 0 Å². The Morgan fingerprint density at radius 1 is 0.594 bits per heavy atom. The Bertz CT molecular complexity index is 1300. The summed E-state index contributed by atoms with van der Waals surface area (Å²) in [5.74, 6) is 0. The average Bonchev–Trinajstić information content (AvgIpc) is 3.41. The maximum atomic E-state index is 4.64. The van der Waals surface area contributed by atoms with Gasteiger partial charge in [0.1, 0.15) is 0 Å². The van der Waals surface area contributed by atoms with Gasteiger partial charge in [0.25, 0.3) is 0 Å². The van der Waals surface area contributed by atoms with Gasteiger partial charge in [0.2, 0.25) is 10.3 Å². The molecule has 2 aromatic heterocycles. The molecular weight excluding hydrogens is 432 g/mol. The summed E-state index contributed by atoms with van der Waals surface area (Å²) in [5.41, 5.74) is 4.15. The van der Waals surface area contributed by atoms with Gasteiger partial charge in [-0.3, -0.25) is 0 Å². The number of aromatic nitrogens is 2. The van der Waals surface area contributed by atoms with Gasteiger partial charge in [-0.2, -0.15) is 0 Å². The minimum Gasteiger partial charge on any atom is -0.228 e. The quantitative estimate of drug-likeness (QED) is 0.248. The Labute approximate surface area is 193 Å². The lowest BCUT2D eigenvalue weighted by molar-refractivity contribution is 1.41. The van der Waals surface area contributed by atoms with E-state index in [1.807, 2.05) is 60.7 Å². The summed E-state index contributed by atoms with van der Waals surface area (Å²) in [5, 5.41) is 1.47. The smallest absolute Gasteiger partial charge is 0.210 e. The number of nitrogens with zero attached hydrogens (tertiary/aromatic N) is 4. The number of hydrogen-bond donors (Lipinski definition) is 0. The van der Waals surface area contributed by atoms with Gasteiger partial charge in [-0.1, -0.05) is 95.5 Å². The molecule has 0 amide bonds. The highest BCUT2D eigenvalue weighted by Gasteiger charge is 2.08. The Balaban J connectivity index is 1.30. The van der Waals surface area contributed by atoms with Crippen molar-refractivity contribution in [2.24, 2.45) is 9.98 Å².